The number of ether oxygens (including phenoxy) is 1. The Hall–Kier alpha value is -1.61. The Morgan fingerprint density at radius 1 is 1.29 bits per heavy atom. The first-order chi connectivity index (χ1) is 8.24. The summed E-state index contributed by atoms with van der Waals surface area (Å²) in [7, 11) is 0. The zero-order valence-electron chi connectivity index (χ0n) is 9.47. The number of fused-ring (bicyclic) bond motifs is 1. The van der Waals surface area contributed by atoms with E-state index in [-0.39, 0.29) is 11.9 Å². The molecule has 1 atom stereocenters. The second kappa shape index (κ2) is 4.00. The van der Waals surface area contributed by atoms with Gasteiger partial charge in [-0.3, -0.25) is 4.79 Å². The maximum absolute atomic E-state index is 12.2. The number of hydrogen-bond acceptors (Lipinski definition) is 3. The Morgan fingerprint density at radius 2 is 2.12 bits per heavy atom. The van der Waals surface area contributed by atoms with Gasteiger partial charge in [0, 0.05) is 11.3 Å². The predicted molar refractivity (Wildman–Crippen MR) is 67.9 cm³/mol. The van der Waals surface area contributed by atoms with Gasteiger partial charge in [0.1, 0.15) is 5.75 Å². The Balaban J connectivity index is 1.83. The van der Waals surface area contributed by atoms with Crippen LogP contribution in [0.2, 0.25) is 0 Å². The molecule has 0 saturated heterocycles. The van der Waals surface area contributed by atoms with Crippen LogP contribution < -0.4 is 4.74 Å². The third-order valence-corrected chi connectivity index (χ3v) is 3.94. The van der Waals surface area contributed by atoms with Crippen LogP contribution in [0.25, 0.3) is 0 Å². The smallest absolute Gasteiger partial charge is 0.213 e. The molecule has 0 N–H and O–H groups in total. The molecular weight excluding hydrogens is 232 g/mol. The van der Waals surface area contributed by atoms with Gasteiger partial charge >= 0.3 is 0 Å². The number of para-hydroxylation sites is 1. The zero-order valence-corrected chi connectivity index (χ0v) is 10.3. The van der Waals surface area contributed by atoms with Crippen LogP contribution in [-0.2, 0) is 6.42 Å². The minimum Gasteiger partial charge on any atom is -0.482 e. The molecule has 0 bridgehead atoms. The number of rotatable bonds is 2. The third-order valence-electron chi connectivity index (χ3n) is 2.92. The average Bonchev–Trinajstić information content (AvgIpc) is 2.93. The van der Waals surface area contributed by atoms with Gasteiger partial charge in [-0.2, -0.15) is 0 Å². The lowest BCUT2D eigenvalue weighted by Crippen LogP contribution is -2.24. The highest BCUT2D eigenvalue weighted by molar-refractivity contribution is 7.14. The summed E-state index contributed by atoms with van der Waals surface area (Å²) >= 11 is 1.53. The fourth-order valence-corrected chi connectivity index (χ4v) is 2.91. The molecule has 86 valence electrons. The SMILES string of the molecule is Cc1ccc(C(=O)C2Cc3ccccc3O2)s1. The molecule has 3 heteroatoms. The Kier molecular flexibility index (Phi) is 2.48. The monoisotopic (exact) mass is 244 g/mol. The molecule has 3 rings (SSSR count). The van der Waals surface area contributed by atoms with E-state index in [0.717, 1.165) is 21.1 Å². The minimum absolute atomic E-state index is 0.0966. The van der Waals surface area contributed by atoms with Crippen molar-refractivity contribution >= 4 is 17.1 Å². The number of hydrogen-bond donors (Lipinski definition) is 0. The first kappa shape index (κ1) is 10.5. The summed E-state index contributed by atoms with van der Waals surface area (Å²) < 4.78 is 5.69. The fourth-order valence-electron chi connectivity index (χ4n) is 2.05. The topological polar surface area (TPSA) is 26.3 Å². The van der Waals surface area contributed by atoms with Crippen molar-refractivity contribution in [3.8, 4) is 5.75 Å². The van der Waals surface area contributed by atoms with Gasteiger partial charge in [0.25, 0.3) is 0 Å². The van der Waals surface area contributed by atoms with Crippen LogP contribution >= 0.6 is 11.3 Å². The number of ketones is 1. The quantitative estimate of drug-likeness (QED) is 0.758. The van der Waals surface area contributed by atoms with Crippen molar-refractivity contribution < 1.29 is 9.53 Å². The molecule has 0 saturated carbocycles. The van der Waals surface area contributed by atoms with Crippen molar-refractivity contribution in [1.29, 1.82) is 0 Å². The van der Waals surface area contributed by atoms with Gasteiger partial charge in [-0.15, -0.1) is 11.3 Å². The molecule has 1 aromatic heterocycles. The molecule has 1 aliphatic heterocycles. The number of Topliss-reactive ketones (excluding diaryl/α,β-unsaturated/α-hetero) is 1. The maximum atomic E-state index is 12.2. The van der Waals surface area contributed by atoms with E-state index in [1.807, 2.05) is 43.3 Å². The van der Waals surface area contributed by atoms with Crippen molar-refractivity contribution in [1.82, 2.24) is 0 Å². The molecule has 0 fully saturated rings. The summed E-state index contributed by atoms with van der Waals surface area (Å²) in [5, 5.41) is 0. The summed E-state index contributed by atoms with van der Waals surface area (Å²) in [6.07, 6.45) is 0.344. The maximum Gasteiger partial charge on any atom is 0.213 e. The van der Waals surface area contributed by atoms with Crippen LogP contribution in [-0.4, -0.2) is 11.9 Å². The fraction of sp³-hybridized carbons (Fsp3) is 0.214. The first-order valence-corrected chi connectivity index (χ1v) is 6.41. The number of carbonyl (C=O) groups excluding carboxylic acids is 1. The van der Waals surface area contributed by atoms with Crippen molar-refractivity contribution in [2.75, 3.05) is 0 Å². The Bertz CT molecular complexity index is 546. The minimum atomic E-state index is -0.342. The molecule has 2 heterocycles. The molecule has 1 aliphatic rings. The zero-order chi connectivity index (χ0) is 11.8. The lowest BCUT2D eigenvalue weighted by molar-refractivity contribution is 0.0829. The number of carbonyl (C=O) groups is 1. The highest BCUT2D eigenvalue weighted by Crippen LogP contribution is 2.30. The molecule has 1 aromatic carbocycles. The lowest BCUT2D eigenvalue weighted by atomic mass is 10.1. The van der Waals surface area contributed by atoms with E-state index in [1.54, 1.807) is 0 Å². The van der Waals surface area contributed by atoms with E-state index in [4.69, 9.17) is 4.74 Å². The highest BCUT2D eigenvalue weighted by atomic mass is 32.1. The molecule has 17 heavy (non-hydrogen) atoms. The molecule has 0 amide bonds. The van der Waals surface area contributed by atoms with Gasteiger partial charge in [-0.25, -0.2) is 0 Å². The van der Waals surface area contributed by atoms with Gasteiger partial charge in [-0.05, 0) is 30.7 Å². The van der Waals surface area contributed by atoms with E-state index in [1.165, 1.54) is 11.3 Å². The standard InChI is InChI=1S/C14H12O2S/c1-9-6-7-13(17-9)14(15)12-8-10-4-2-3-5-11(10)16-12/h2-7,12H,8H2,1H3. The molecule has 2 aromatic rings. The van der Waals surface area contributed by atoms with Crippen LogP contribution in [0, 0.1) is 6.92 Å². The summed E-state index contributed by atoms with van der Waals surface area (Å²) in [6.45, 7) is 2.01. The van der Waals surface area contributed by atoms with E-state index in [9.17, 15) is 4.79 Å². The lowest BCUT2D eigenvalue weighted by Gasteiger charge is -2.07. The highest BCUT2D eigenvalue weighted by Gasteiger charge is 2.30. The van der Waals surface area contributed by atoms with E-state index < -0.39 is 0 Å². The van der Waals surface area contributed by atoms with Crippen LogP contribution in [0.4, 0.5) is 0 Å². The molecule has 0 radical (unpaired) electrons. The van der Waals surface area contributed by atoms with Crippen LogP contribution in [0.3, 0.4) is 0 Å². The summed E-state index contributed by atoms with van der Waals surface area (Å²) in [5.74, 6) is 0.943. The first-order valence-electron chi connectivity index (χ1n) is 5.59. The van der Waals surface area contributed by atoms with Crippen molar-refractivity contribution in [3.05, 3.63) is 51.7 Å². The van der Waals surface area contributed by atoms with Crippen molar-refractivity contribution in [3.63, 3.8) is 0 Å². The number of thiophene rings is 1. The number of aryl methyl sites for hydroxylation is 1. The summed E-state index contributed by atoms with van der Waals surface area (Å²) in [4.78, 5) is 14.2. The van der Waals surface area contributed by atoms with Crippen LogP contribution in [0.5, 0.6) is 5.75 Å². The molecule has 0 spiro atoms. The Morgan fingerprint density at radius 3 is 2.82 bits per heavy atom. The summed E-state index contributed by atoms with van der Waals surface area (Å²) in [5.41, 5.74) is 1.12. The van der Waals surface area contributed by atoms with E-state index in [0.29, 0.717) is 6.42 Å². The number of benzene rings is 1. The van der Waals surface area contributed by atoms with Crippen molar-refractivity contribution in [2.45, 2.75) is 19.4 Å². The second-order valence-corrected chi connectivity index (χ2v) is 5.48. The largest absolute Gasteiger partial charge is 0.482 e. The normalized spacial score (nSPS) is 17.6. The molecule has 1 unspecified atom stereocenters. The van der Waals surface area contributed by atoms with Crippen LogP contribution in [0.1, 0.15) is 20.1 Å². The average molecular weight is 244 g/mol. The van der Waals surface area contributed by atoms with Gasteiger partial charge in [0.2, 0.25) is 5.78 Å². The molecule has 2 nitrogen and oxygen atoms in total. The molecular formula is C14H12O2S. The summed E-state index contributed by atoms with van der Waals surface area (Å²) in [6, 6.07) is 11.7. The molecule has 0 aliphatic carbocycles. The van der Waals surface area contributed by atoms with E-state index >= 15 is 0 Å². The van der Waals surface area contributed by atoms with Gasteiger partial charge < -0.3 is 4.74 Å². The van der Waals surface area contributed by atoms with Crippen molar-refractivity contribution in [2.24, 2.45) is 0 Å². The van der Waals surface area contributed by atoms with Gasteiger partial charge in [0.15, 0.2) is 6.10 Å². The Labute approximate surface area is 104 Å². The van der Waals surface area contributed by atoms with Gasteiger partial charge in [0.05, 0.1) is 4.88 Å². The second-order valence-electron chi connectivity index (χ2n) is 4.19. The third kappa shape index (κ3) is 1.87. The van der Waals surface area contributed by atoms with Gasteiger partial charge in [-0.1, -0.05) is 18.2 Å². The van der Waals surface area contributed by atoms with E-state index in [2.05, 4.69) is 0 Å². The van der Waals surface area contributed by atoms with Crippen LogP contribution in [0.15, 0.2) is 36.4 Å². The predicted octanol–water partition coefficient (Wildman–Crippen LogP) is 3.24.